The van der Waals surface area contributed by atoms with Crippen LogP contribution in [0.2, 0.25) is 0 Å². The minimum Gasteiger partial charge on any atom is -0.350 e. The number of likely N-dealkylation sites (tertiary alicyclic amines) is 1. The molecule has 1 aliphatic rings. The molecule has 6 nitrogen and oxygen atoms in total. The molecule has 1 aliphatic heterocycles. The fourth-order valence-corrected chi connectivity index (χ4v) is 5.46. The number of amides is 2. The first-order chi connectivity index (χ1) is 17.3. The Kier molecular flexibility index (Phi) is 6.49. The minimum absolute atomic E-state index is 0.0954. The van der Waals surface area contributed by atoms with E-state index in [1.54, 1.807) is 24.4 Å². The van der Waals surface area contributed by atoms with E-state index in [0.29, 0.717) is 26.7 Å². The molecule has 2 aromatic carbocycles. The molecule has 2 aromatic heterocycles. The quantitative estimate of drug-likeness (QED) is 0.397. The van der Waals surface area contributed by atoms with Gasteiger partial charge in [0, 0.05) is 43.1 Å². The predicted molar refractivity (Wildman–Crippen MR) is 135 cm³/mol. The van der Waals surface area contributed by atoms with Gasteiger partial charge >= 0.3 is 0 Å². The lowest BCUT2D eigenvalue weighted by molar-refractivity contribution is -0.0689. The number of carbonyl (C=O) groups is 2. The number of nitrogens with zero attached hydrogens (tertiary/aromatic N) is 3. The molecule has 0 bridgehead atoms. The van der Waals surface area contributed by atoms with Gasteiger partial charge in [-0.25, -0.2) is 13.8 Å². The number of benzene rings is 2. The molecule has 0 spiro atoms. The van der Waals surface area contributed by atoms with E-state index >= 15 is 0 Å². The van der Waals surface area contributed by atoms with Crippen molar-refractivity contribution in [1.29, 1.82) is 0 Å². The molecule has 36 heavy (non-hydrogen) atoms. The summed E-state index contributed by atoms with van der Waals surface area (Å²) in [6.45, 7) is 1.61. The zero-order valence-corrected chi connectivity index (χ0v) is 20.4. The van der Waals surface area contributed by atoms with E-state index in [1.807, 2.05) is 49.4 Å². The van der Waals surface area contributed by atoms with Crippen molar-refractivity contribution in [3.8, 4) is 11.3 Å². The van der Waals surface area contributed by atoms with Gasteiger partial charge in [0.25, 0.3) is 17.7 Å². The minimum atomic E-state index is -2.92. The average molecular weight is 507 g/mol. The highest BCUT2D eigenvalue weighted by Gasteiger charge is 2.43. The summed E-state index contributed by atoms with van der Waals surface area (Å²) in [6, 6.07) is 17.3. The van der Waals surface area contributed by atoms with Gasteiger partial charge in [0.1, 0.15) is 4.88 Å². The lowest BCUT2D eigenvalue weighted by Crippen LogP contribution is -2.54. The number of piperidine rings is 1. The summed E-state index contributed by atoms with van der Waals surface area (Å²) in [5.41, 5.74) is 2.23. The molecule has 4 aromatic rings. The van der Waals surface area contributed by atoms with Crippen LogP contribution in [0.25, 0.3) is 22.2 Å². The summed E-state index contributed by atoms with van der Waals surface area (Å²) in [5, 5.41) is 4.29. The molecule has 5 rings (SSSR count). The van der Waals surface area contributed by atoms with Crippen LogP contribution in [0.5, 0.6) is 0 Å². The van der Waals surface area contributed by atoms with E-state index in [9.17, 15) is 18.4 Å². The molecule has 0 radical (unpaired) electrons. The van der Waals surface area contributed by atoms with Gasteiger partial charge < -0.3 is 10.2 Å². The Labute approximate surface area is 211 Å². The van der Waals surface area contributed by atoms with E-state index in [-0.39, 0.29) is 19.0 Å². The van der Waals surface area contributed by atoms with Gasteiger partial charge in [-0.1, -0.05) is 48.5 Å². The molecule has 2 amide bonds. The zero-order chi connectivity index (χ0) is 25.3. The van der Waals surface area contributed by atoms with Crippen molar-refractivity contribution >= 4 is 34.1 Å². The number of alkyl halides is 2. The van der Waals surface area contributed by atoms with Gasteiger partial charge in [-0.3, -0.25) is 14.6 Å². The summed E-state index contributed by atoms with van der Waals surface area (Å²) in [5.74, 6) is -3.68. The van der Waals surface area contributed by atoms with Crippen LogP contribution in [0.15, 0.2) is 66.9 Å². The maximum atomic E-state index is 14.4. The van der Waals surface area contributed by atoms with Crippen molar-refractivity contribution in [2.75, 3.05) is 13.1 Å². The molecule has 1 fully saturated rings. The third kappa shape index (κ3) is 4.83. The maximum Gasteiger partial charge on any atom is 0.266 e. The highest BCUT2D eigenvalue weighted by molar-refractivity contribution is 7.14. The second kappa shape index (κ2) is 9.73. The van der Waals surface area contributed by atoms with Gasteiger partial charge in [-0.15, -0.1) is 11.3 Å². The molecule has 1 atom stereocenters. The van der Waals surface area contributed by atoms with E-state index in [2.05, 4.69) is 15.3 Å². The van der Waals surface area contributed by atoms with Crippen molar-refractivity contribution in [3.05, 3.63) is 82.3 Å². The molecule has 1 N–H and O–H groups in total. The van der Waals surface area contributed by atoms with Crippen LogP contribution in [0.1, 0.15) is 37.9 Å². The molecular formula is C27H24F2N4O2S. The predicted octanol–water partition coefficient (Wildman–Crippen LogP) is 5.34. The number of fused-ring (bicyclic) bond motifs is 1. The normalized spacial score (nSPS) is 17.2. The lowest BCUT2D eigenvalue weighted by Gasteiger charge is -2.39. The Morgan fingerprint density at radius 1 is 1.11 bits per heavy atom. The first-order valence-electron chi connectivity index (χ1n) is 11.7. The number of aromatic nitrogens is 2. The number of aryl methyl sites for hydroxylation is 1. The van der Waals surface area contributed by atoms with Crippen LogP contribution >= 0.6 is 11.3 Å². The monoisotopic (exact) mass is 506 g/mol. The summed E-state index contributed by atoms with van der Waals surface area (Å²) >= 11 is 1.25. The Morgan fingerprint density at radius 3 is 2.69 bits per heavy atom. The standard InChI is InChI=1S/C27H24F2N4O2S/c1-17-32-23(19-7-3-2-4-8-19)24(36-17)26(35)33-14-12-27(28,29)15-20(33)16-31-25(34)21-11-5-9-18-10-6-13-30-22(18)21/h2-11,13,20H,12,14-16H2,1H3,(H,31,34)/t20-/m0/s1. The van der Waals surface area contributed by atoms with E-state index in [1.165, 1.54) is 16.2 Å². The number of halogens is 2. The Balaban J connectivity index is 1.39. The first-order valence-corrected chi connectivity index (χ1v) is 12.5. The van der Waals surface area contributed by atoms with Gasteiger partial charge in [0.15, 0.2) is 0 Å². The highest BCUT2D eigenvalue weighted by atomic mass is 32.1. The molecule has 0 unspecified atom stereocenters. The van der Waals surface area contributed by atoms with Crippen LogP contribution in [-0.2, 0) is 0 Å². The van der Waals surface area contributed by atoms with Gasteiger partial charge in [-0.05, 0) is 19.1 Å². The van der Waals surface area contributed by atoms with E-state index < -0.39 is 30.7 Å². The van der Waals surface area contributed by atoms with Crippen molar-refractivity contribution in [2.45, 2.75) is 31.7 Å². The summed E-state index contributed by atoms with van der Waals surface area (Å²) in [6.07, 6.45) is 0.655. The van der Waals surface area contributed by atoms with Gasteiger partial charge in [0.2, 0.25) is 0 Å². The first kappa shape index (κ1) is 24.0. The Bertz CT molecular complexity index is 1420. The van der Waals surface area contributed by atoms with Crippen LogP contribution in [0.4, 0.5) is 8.78 Å². The molecule has 0 saturated carbocycles. The number of carbonyl (C=O) groups excluding carboxylic acids is 2. The van der Waals surface area contributed by atoms with Gasteiger partial charge in [0.05, 0.1) is 27.8 Å². The van der Waals surface area contributed by atoms with E-state index in [4.69, 9.17) is 0 Å². The molecule has 9 heteroatoms. The third-order valence-corrected chi connectivity index (χ3v) is 7.26. The number of hydrogen-bond donors (Lipinski definition) is 1. The number of pyridine rings is 1. The summed E-state index contributed by atoms with van der Waals surface area (Å²) in [4.78, 5) is 37.4. The Hall–Kier alpha value is -3.72. The largest absolute Gasteiger partial charge is 0.350 e. The second-order valence-electron chi connectivity index (χ2n) is 8.83. The number of rotatable bonds is 5. The molecule has 184 valence electrons. The second-order valence-corrected chi connectivity index (χ2v) is 10.0. The topological polar surface area (TPSA) is 75.2 Å². The fraction of sp³-hybridized carbons (Fsp3) is 0.259. The van der Waals surface area contributed by atoms with Crippen LogP contribution in [0, 0.1) is 6.92 Å². The maximum absolute atomic E-state index is 14.4. The fourth-order valence-electron chi connectivity index (χ4n) is 4.56. The van der Waals surface area contributed by atoms with Crippen molar-refractivity contribution in [2.24, 2.45) is 0 Å². The Morgan fingerprint density at radius 2 is 1.89 bits per heavy atom. The SMILES string of the molecule is Cc1nc(-c2ccccc2)c(C(=O)N2CCC(F)(F)C[C@H]2CNC(=O)c2cccc3cccnc23)s1. The smallest absolute Gasteiger partial charge is 0.266 e. The number of para-hydroxylation sites is 1. The van der Waals surface area contributed by atoms with Gasteiger partial charge in [-0.2, -0.15) is 0 Å². The number of nitrogens with one attached hydrogen (secondary N) is 1. The molecule has 1 saturated heterocycles. The van der Waals surface area contributed by atoms with Crippen molar-refractivity contribution in [3.63, 3.8) is 0 Å². The zero-order valence-electron chi connectivity index (χ0n) is 19.6. The van der Waals surface area contributed by atoms with Crippen LogP contribution in [-0.4, -0.2) is 51.7 Å². The third-order valence-electron chi connectivity index (χ3n) is 6.31. The highest BCUT2D eigenvalue weighted by Crippen LogP contribution is 2.35. The van der Waals surface area contributed by atoms with Crippen molar-refractivity contribution in [1.82, 2.24) is 20.2 Å². The van der Waals surface area contributed by atoms with Crippen LogP contribution in [0.3, 0.4) is 0 Å². The summed E-state index contributed by atoms with van der Waals surface area (Å²) < 4.78 is 28.9. The molecule has 0 aliphatic carbocycles. The average Bonchev–Trinajstić information content (AvgIpc) is 3.28. The number of thiazole rings is 1. The molecular weight excluding hydrogens is 482 g/mol. The number of hydrogen-bond acceptors (Lipinski definition) is 5. The lowest BCUT2D eigenvalue weighted by atomic mass is 9.97. The molecule has 3 heterocycles. The van der Waals surface area contributed by atoms with Crippen LogP contribution < -0.4 is 5.32 Å². The summed E-state index contributed by atoms with van der Waals surface area (Å²) in [7, 11) is 0. The van der Waals surface area contributed by atoms with Crippen molar-refractivity contribution < 1.29 is 18.4 Å². The van der Waals surface area contributed by atoms with E-state index in [0.717, 1.165) is 10.9 Å².